The van der Waals surface area contributed by atoms with E-state index in [9.17, 15) is 14.4 Å². The van der Waals surface area contributed by atoms with E-state index in [1.54, 1.807) is 29.1 Å². The summed E-state index contributed by atoms with van der Waals surface area (Å²) in [6.45, 7) is 5.13. The molecule has 0 spiro atoms. The quantitative estimate of drug-likeness (QED) is 0.225. The van der Waals surface area contributed by atoms with Crippen molar-refractivity contribution in [1.29, 1.82) is 0 Å². The minimum atomic E-state index is -0.453. The van der Waals surface area contributed by atoms with Crippen molar-refractivity contribution in [3.8, 4) is 5.69 Å². The Bertz CT molecular complexity index is 1860. The molecule has 2 heterocycles. The second kappa shape index (κ2) is 14.3. The third-order valence-electron chi connectivity index (χ3n) is 8.69. The fraction of sp³-hybridized carbons (Fsp3) is 0.243. The number of rotatable bonds is 10. The minimum Gasteiger partial charge on any atom is -0.465 e. The molecule has 0 radical (unpaired) electrons. The lowest BCUT2D eigenvalue weighted by atomic mass is 10.0. The van der Waals surface area contributed by atoms with Crippen LogP contribution in [-0.4, -0.2) is 64.4 Å². The van der Waals surface area contributed by atoms with E-state index < -0.39 is 12.0 Å². The van der Waals surface area contributed by atoms with E-state index in [2.05, 4.69) is 20.2 Å². The highest BCUT2D eigenvalue weighted by molar-refractivity contribution is 5.89. The number of methoxy groups -OCH3 is 1. The van der Waals surface area contributed by atoms with E-state index in [-0.39, 0.29) is 17.6 Å². The first-order chi connectivity index (χ1) is 22.9. The number of anilines is 1. The van der Waals surface area contributed by atoms with E-state index in [0.717, 1.165) is 41.2 Å². The lowest BCUT2D eigenvalue weighted by Crippen LogP contribution is -2.51. The Morgan fingerprint density at radius 3 is 2.11 bits per heavy atom. The number of ether oxygens (including phenoxy) is 1. The highest BCUT2D eigenvalue weighted by Crippen LogP contribution is 2.26. The number of nitrogens with zero attached hydrogens (tertiary/aromatic N) is 5. The summed E-state index contributed by atoms with van der Waals surface area (Å²) < 4.78 is 7.90. The predicted octanol–water partition coefficient (Wildman–Crippen LogP) is 4.61. The van der Waals surface area contributed by atoms with E-state index in [1.807, 2.05) is 97.9 Å². The number of nitrogens with one attached hydrogen (secondary N) is 1. The van der Waals surface area contributed by atoms with Crippen LogP contribution in [0.1, 0.15) is 46.1 Å². The number of amides is 1. The number of piperazine rings is 1. The van der Waals surface area contributed by atoms with Crippen molar-refractivity contribution in [1.82, 2.24) is 24.6 Å². The molecule has 1 fully saturated rings. The van der Waals surface area contributed by atoms with Gasteiger partial charge in [-0.1, -0.05) is 72.8 Å². The summed E-state index contributed by atoms with van der Waals surface area (Å²) in [5.41, 5.74) is 4.83. The normalized spacial score (nSPS) is 14.7. The second-order valence-corrected chi connectivity index (χ2v) is 11.6. The molecule has 1 amide bonds. The molecule has 0 bridgehead atoms. The van der Waals surface area contributed by atoms with Crippen molar-refractivity contribution < 1.29 is 14.3 Å². The molecule has 10 nitrogen and oxygen atoms in total. The van der Waals surface area contributed by atoms with Crippen LogP contribution >= 0.6 is 0 Å². The third-order valence-corrected chi connectivity index (χ3v) is 8.69. The largest absolute Gasteiger partial charge is 0.465 e. The number of carbonyl (C=O) groups is 2. The van der Waals surface area contributed by atoms with Crippen molar-refractivity contribution in [2.45, 2.75) is 25.6 Å². The van der Waals surface area contributed by atoms with E-state index in [1.165, 1.54) is 11.8 Å². The fourth-order valence-corrected chi connectivity index (χ4v) is 6.07. The second-order valence-electron chi connectivity index (χ2n) is 11.6. The Kier molecular flexibility index (Phi) is 9.59. The molecule has 240 valence electrons. The maximum absolute atomic E-state index is 13.7. The lowest BCUT2D eigenvalue weighted by Gasteiger charge is -2.39. The summed E-state index contributed by atoms with van der Waals surface area (Å²) in [5.74, 6) is -0.503. The van der Waals surface area contributed by atoms with Crippen LogP contribution in [0.2, 0.25) is 0 Å². The Labute approximate surface area is 273 Å². The molecule has 1 aliphatic heterocycles. The number of benzene rings is 4. The zero-order valence-electron chi connectivity index (χ0n) is 26.5. The molecule has 10 heteroatoms. The van der Waals surface area contributed by atoms with Crippen molar-refractivity contribution in [3.63, 3.8) is 0 Å². The van der Waals surface area contributed by atoms with Crippen LogP contribution in [0.5, 0.6) is 0 Å². The minimum absolute atomic E-state index is 0.0926. The molecule has 1 aliphatic rings. The summed E-state index contributed by atoms with van der Waals surface area (Å²) in [6.07, 6.45) is 1.57. The smallest absolute Gasteiger partial charge is 0.350 e. The van der Waals surface area contributed by atoms with Gasteiger partial charge in [0.05, 0.1) is 24.4 Å². The SMILES string of the molecule is COC(=O)c1cccc(CNC(=O)C(c2ccccc2)N2CCN(c3ccc(-n4cnn(C(C)c5ccccc5)c4=O)cc3)CC2)c1. The van der Waals surface area contributed by atoms with Crippen LogP contribution in [-0.2, 0) is 16.1 Å². The number of esters is 1. The monoisotopic (exact) mass is 630 g/mol. The molecule has 1 aromatic heterocycles. The summed E-state index contributed by atoms with van der Waals surface area (Å²) in [7, 11) is 1.35. The highest BCUT2D eigenvalue weighted by Gasteiger charge is 2.30. The van der Waals surface area contributed by atoms with Crippen LogP contribution in [0.15, 0.2) is 120 Å². The Balaban J connectivity index is 1.11. The summed E-state index contributed by atoms with van der Waals surface area (Å²) >= 11 is 0. The van der Waals surface area contributed by atoms with Crippen LogP contribution in [0.25, 0.3) is 5.69 Å². The van der Waals surface area contributed by atoms with Gasteiger partial charge in [-0.05, 0) is 60.0 Å². The molecule has 47 heavy (non-hydrogen) atoms. The van der Waals surface area contributed by atoms with Gasteiger partial charge in [-0.3, -0.25) is 9.69 Å². The van der Waals surface area contributed by atoms with Crippen LogP contribution in [0.3, 0.4) is 0 Å². The van der Waals surface area contributed by atoms with Gasteiger partial charge in [-0.15, -0.1) is 0 Å². The summed E-state index contributed by atoms with van der Waals surface area (Å²) in [4.78, 5) is 43.4. The Morgan fingerprint density at radius 1 is 0.809 bits per heavy atom. The summed E-state index contributed by atoms with van der Waals surface area (Å²) in [5, 5.41) is 7.47. The molecule has 6 rings (SSSR count). The lowest BCUT2D eigenvalue weighted by molar-refractivity contribution is -0.127. The number of hydrogen-bond acceptors (Lipinski definition) is 7. The molecule has 0 saturated carbocycles. The number of aromatic nitrogens is 3. The molecule has 2 atom stereocenters. The van der Waals surface area contributed by atoms with Gasteiger partial charge < -0.3 is 15.0 Å². The number of carbonyl (C=O) groups excluding carboxylic acids is 2. The molecular formula is C37H38N6O4. The van der Waals surface area contributed by atoms with Crippen LogP contribution in [0, 0.1) is 0 Å². The van der Waals surface area contributed by atoms with Gasteiger partial charge in [-0.2, -0.15) is 5.10 Å². The third kappa shape index (κ3) is 7.02. The number of hydrogen-bond donors (Lipinski definition) is 1. The Morgan fingerprint density at radius 2 is 1.45 bits per heavy atom. The first kappa shape index (κ1) is 31.5. The van der Waals surface area contributed by atoms with E-state index >= 15 is 0 Å². The van der Waals surface area contributed by atoms with Crippen LogP contribution in [0.4, 0.5) is 5.69 Å². The zero-order valence-corrected chi connectivity index (χ0v) is 26.5. The zero-order chi connectivity index (χ0) is 32.8. The van der Waals surface area contributed by atoms with Gasteiger partial charge in [-0.25, -0.2) is 18.8 Å². The van der Waals surface area contributed by atoms with Crippen molar-refractivity contribution in [2.24, 2.45) is 0 Å². The summed E-state index contributed by atoms with van der Waals surface area (Å²) in [6, 6.07) is 34.1. The van der Waals surface area contributed by atoms with Gasteiger partial charge in [0, 0.05) is 38.4 Å². The molecule has 2 unspecified atom stereocenters. The molecule has 1 N–H and O–H groups in total. The predicted molar refractivity (Wildman–Crippen MR) is 181 cm³/mol. The molecular weight excluding hydrogens is 592 g/mol. The first-order valence-corrected chi connectivity index (χ1v) is 15.7. The van der Waals surface area contributed by atoms with Crippen molar-refractivity contribution in [3.05, 3.63) is 148 Å². The molecule has 1 saturated heterocycles. The van der Waals surface area contributed by atoms with Gasteiger partial charge >= 0.3 is 11.7 Å². The van der Waals surface area contributed by atoms with Gasteiger partial charge in [0.25, 0.3) is 0 Å². The van der Waals surface area contributed by atoms with E-state index in [4.69, 9.17) is 4.74 Å². The standard InChI is InChI=1S/C37H38N6O4/c1-27(29-11-5-3-6-12-29)43-37(46)42(26-39-43)33-18-16-32(17-19-33)40-20-22-41(23-21-40)34(30-13-7-4-8-14-30)35(44)38-25-28-10-9-15-31(24-28)36(45)47-2/h3-19,24,26-27,34H,20-23,25H2,1-2H3,(H,38,44). The highest BCUT2D eigenvalue weighted by atomic mass is 16.5. The van der Waals surface area contributed by atoms with Crippen molar-refractivity contribution in [2.75, 3.05) is 38.2 Å². The molecule has 4 aromatic carbocycles. The van der Waals surface area contributed by atoms with Crippen molar-refractivity contribution >= 4 is 17.6 Å². The maximum atomic E-state index is 13.7. The van der Waals surface area contributed by atoms with Gasteiger partial charge in [0.15, 0.2) is 0 Å². The fourth-order valence-electron chi connectivity index (χ4n) is 6.07. The molecule has 5 aromatic rings. The van der Waals surface area contributed by atoms with E-state index in [0.29, 0.717) is 25.2 Å². The maximum Gasteiger partial charge on any atom is 0.350 e. The first-order valence-electron chi connectivity index (χ1n) is 15.7. The van der Waals surface area contributed by atoms with Gasteiger partial charge in [0.1, 0.15) is 12.4 Å². The topological polar surface area (TPSA) is 102 Å². The average Bonchev–Trinajstić information content (AvgIpc) is 3.52. The van der Waals surface area contributed by atoms with Crippen LogP contribution < -0.4 is 15.9 Å². The average molecular weight is 631 g/mol. The van der Waals surface area contributed by atoms with Gasteiger partial charge in [0.2, 0.25) is 5.91 Å². The Hall–Kier alpha value is -5.48. The molecule has 0 aliphatic carbocycles.